The zero-order valence-corrected chi connectivity index (χ0v) is 9.93. The van der Waals surface area contributed by atoms with Crippen LogP contribution in [0.15, 0.2) is 6.20 Å². The number of hydrogen-bond donors (Lipinski definition) is 1. The molecule has 90 valence electrons. The van der Waals surface area contributed by atoms with Gasteiger partial charge in [-0.25, -0.2) is 4.79 Å². The van der Waals surface area contributed by atoms with Gasteiger partial charge in [-0.05, 0) is 12.8 Å². The van der Waals surface area contributed by atoms with Gasteiger partial charge in [0.15, 0.2) is 0 Å². The van der Waals surface area contributed by atoms with Gasteiger partial charge in [0.1, 0.15) is 5.56 Å². The Hall–Kier alpha value is -1.36. The van der Waals surface area contributed by atoms with Gasteiger partial charge in [-0.15, -0.1) is 0 Å². The summed E-state index contributed by atoms with van der Waals surface area (Å²) in [5.41, 5.74) is 0.921. The van der Waals surface area contributed by atoms with Crippen LogP contribution in [0.5, 0.6) is 0 Å². The smallest absolute Gasteiger partial charge is 0.339 e. The van der Waals surface area contributed by atoms with Gasteiger partial charge in [0.25, 0.3) is 0 Å². The first-order chi connectivity index (χ1) is 7.52. The molecule has 1 aromatic rings. The van der Waals surface area contributed by atoms with Gasteiger partial charge in [-0.2, -0.15) is 5.10 Å². The average Bonchev–Trinajstić information content (AvgIpc) is 2.54. The van der Waals surface area contributed by atoms with Gasteiger partial charge >= 0.3 is 5.97 Å². The van der Waals surface area contributed by atoms with Crippen molar-refractivity contribution in [2.45, 2.75) is 27.3 Å². The number of aromatic nitrogens is 2. The lowest BCUT2D eigenvalue weighted by molar-refractivity contribution is 0.0695. The fourth-order valence-corrected chi connectivity index (χ4v) is 1.35. The molecule has 1 heterocycles. The van der Waals surface area contributed by atoms with E-state index in [1.165, 1.54) is 6.20 Å². The van der Waals surface area contributed by atoms with Crippen LogP contribution in [0, 0.1) is 12.8 Å². The SMILES string of the molecule is Cc1c(C(=O)O)cnn1CCOCC(C)C. The fraction of sp³-hybridized carbons (Fsp3) is 0.636. The van der Waals surface area contributed by atoms with E-state index >= 15 is 0 Å². The van der Waals surface area contributed by atoms with Crippen molar-refractivity contribution in [2.24, 2.45) is 5.92 Å². The Bertz CT molecular complexity index is 358. The second-order valence-electron chi connectivity index (χ2n) is 4.14. The second kappa shape index (κ2) is 5.65. The van der Waals surface area contributed by atoms with Crippen molar-refractivity contribution in [3.63, 3.8) is 0 Å². The molecule has 5 nitrogen and oxygen atoms in total. The minimum absolute atomic E-state index is 0.254. The molecule has 1 N–H and O–H groups in total. The summed E-state index contributed by atoms with van der Waals surface area (Å²) < 4.78 is 7.07. The highest BCUT2D eigenvalue weighted by atomic mass is 16.5. The first-order valence-electron chi connectivity index (χ1n) is 5.35. The quantitative estimate of drug-likeness (QED) is 0.748. The lowest BCUT2D eigenvalue weighted by Gasteiger charge is -2.08. The molecule has 0 aromatic carbocycles. The molecule has 1 aromatic heterocycles. The number of ether oxygens (including phenoxy) is 1. The molecule has 0 saturated heterocycles. The number of aromatic carboxylic acids is 1. The molecule has 0 spiro atoms. The minimum Gasteiger partial charge on any atom is -0.478 e. The van der Waals surface area contributed by atoms with Crippen LogP contribution in [-0.4, -0.2) is 34.1 Å². The zero-order valence-electron chi connectivity index (χ0n) is 9.93. The molecule has 0 aliphatic heterocycles. The van der Waals surface area contributed by atoms with Crippen LogP contribution in [0.3, 0.4) is 0 Å². The number of carbonyl (C=O) groups is 1. The van der Waals surface area contributed by atoms with Crippen LogP contribution >= 0.6 is 0 Å². The highest BCUT2D eigenvalue weighted by molar-refractivity contribution is 5.88. The molecule has 16 heavy (non-hydrogen) atoms. The molecule has 0 saturated carbocycles. The number of hydrogen-bond acceptors (Lipinski definition) is 3. The first kappa shape index (κ1) is 12.7. The standard InChI is InChI=1S/C11H18N2O3/c1-8(2)7-16-5-4-13-9(3)10(6-12-13)11(14)15/h6,8H,4-5,7H2,1-3H3,(H,14,15). The third-order valence-electron chi connectivity index (χ3n) is 2.23. The minimum atomic E-state index is -0.938. The summed E-state index contributed by atoms with van der Waals surface area (Å²) in [6, 6.07) is 0. The van der Waals surface area contributed by atoms with Crippen LogP contribution in [0.2, 0.25) is 0 Å². The van der Waals surface area contributed by atoms with Crippen molar-refractivity contribution < 1.29 is 14.6 Å². The van der Waals surface area contributed by atoms with E-state index < -0.39 is 5.97 Å². The Labute approximate surface area is 95.0 Å². The van der Waals surface area contributed by atoms with Crippen LogP contribution in [0.4, 0.5) is 0 Å². The van der Waals surface area contributed by atoms with Gasteiger partial charge < -0.3 is 9.84 Å². The van der Waals surface area contributed by atoms with Crippen molar-refractivity contribution in [3.8, 4) is 0 Å². The summed E-state index contributed by atoms with van der Waals surface area (Å²) in [7, 11) is 0. The van der Waals surface area contributed by atoms with Gasteiger partial charge in [0.2, 0.25) is 0 Å². The highest BCUT2D eigenvalue weighted by Crippen LogP contribution is 2.06. The van der Waals surface area contributed by atoms with E-state index in [9.17, 15) is 4.79 Å². The fourth-order valence-electron chi connectivity index (χ4n) is 1.35. The molecule has 1 rings (SSSR count). The monoisotopic (exact) mass is 226 g/mol. The lowest BCUT2D eigenvalue weighted by atomic mass is 10.2. The molecule has 0 unspecified atom stereocenters. The summed E-state index contributed by atoms with van der Waals surface area (Å²) in [5, 5.41) is 12.8. The number of rotatable bonds is 6. The largest absolute Gasteiger partial charge is 0.478 e. The highest BCUT2D eigenvalue weighted by Gasteiger charge is 2.12. The van der Waals surface area contributed by atoms with E-state index in [2.05, 4.69) is 18.9 Å². The van der Waals surface area contributed by atoms with Crippen molar-refractivity contribution in [1.82, 2.24) is 9.78 Å². The van der Waals surface area contributed by atoms with Gasteiger partial charge in [0, 0.05) is 12.3 Å². The van der Waals surface area contributed by atoms with Crippen LogP contribution < -0.4 is 0 Å². The Balaban J connectivity index is 2.46. The summed E-state index contributed by atoms with van der Waals surface area (Å²) in [6.07, 6.45) is 1.38. The number of nitrogens with zero attached hydrogens (tertiary/aromatic N) is 2. The molecule has 0 aliphatic rings. The van der Waals surface area contributed by atoms with Crippen molar-refractivity contribution in [2.75, 3.05) is 13.2 Å². The summed E-state index contributed by atoms with van der Waals surface area (Å²) >= 11 is 0. The van der Waals surface area contributed by atoms with Gasteiger partial charge in [-0.3, -0.25) is 4.68 Å². The molecular formula is C11H18N2O3. The van der Waals surface area contributed by atoms with Gasteiger partial charge in [-0.1, -0.05) is 13.8 Å². The maximum absolute atomic E-state index is 10.8. The van der Waals surface area contributed by atoms with E-state index in [4.69, 9.17) is 9.84 Å². The summed E-state index contributed by atoms with van der Waals surface area (Å²) in [6.45, 7) is 7.78. The molecule has 0 aliphatic carbocycles. The Kier molecular flexibility index (Phi) is 4.49. The van der Waals surface area contributed by atoms with E-state index in [1.807, 2.05) is 0 Å². The Morgan fingerprint density at radius 3 is 2.81 bits per heavy atom. The molecular weight excluding hydrogens is 208 g/mol. The van der Waals surface area contributed by atoms with Gasteiger partial charge in [0.05, 0.1) is 19.3 Å². The van der Waals surface area contributed by atoms with Crippen molar-refractivity contribution in [1.29, 1.82) is 0 Å². The Morgan fingerprint density at radius 2 is 2.31 bits per heavy atom. The van der Waals surface area contributed by atoms with Crippen molar-refractivity contribution in [3.05, 3.63) is 17.5 Å². The molecule has 0 bridgehead atoms. The molecule has 0 fully saturated rings. The van der Waals surface area contributed by atoms with E-state index in [1.54, 1.807) is 11.6 Å². The average molecular weight is 226 g/mol. The summed E-state index contributed by atoms with van der Waals surface area (Å²) in [5.74, 6) is -0.430. The van der Waals surface area contributed by atoms with Crippen LogP contribution in [0.1, 0.15) is 29.9 Å². The number of carboxylic acids is 1. The predicted molar refractivity (Wildman–Crippen MR) is 59.6 cm³/mol. The predicted octanol–water partition coefficient (Wildman–Crippen LogP) is 1.56. The Morgan fingerprint density at radius 1 is 1.62 bits per heavy atom. The third-order valence-corrected chi connectivity index (χ3v) is 2.23. The van der Waals surface area contributed by atoms with Crippen molar-refractivity contribution >= 4 is 5.97 Å². The van der Waals surface area contributed by atoms with Crippen LogP contribution in [-0.2, 0) is 11.3 Å². The topological polar surface area (TPSA) is 64.3 Å². The first-order valence-corrected chi connectivity index (χ1v) is 5.35. The molecule has 5 heteroatoms. The normalized spacial score (nSPS) is 11.0. The molecule has 0 atom stereocenters. The maximum Gasteiger partial charge on any atom is 0.339 e. The molecule has 0 amide bonds. The number of carboxylic acid groups (broad SMARTS) is 1. The van der Waals surface area contributed by atoms with Crippen LogP contribution in [0.25, 0.3) is 0 Å². The maximum atomic E-state index is 10.8. The summed E-state index contributed by atoms with van der Waals surface area (Å²) in [4.78, 5) is 10.8. The van der Waals surface area contributed by atoms with E-state index in [-0.39, 0.29) is 5.56 Å². The van der Waals surface area contributed by atoms with E-state index in [0.717, 1.165) is 0 Å². The molecule has 0 radical (unpaired) electrons. The van der Waals surface area contributed by atoms with E-state index in [0.29, 0.717) is 31.4 Å². The lowest BCUT2D eigenvalue weighted by Crippen LogP contribution is -2.12. The third kappa shape index (κ3) is 3.34. The second-order valence-corrected chi connectivity index (χ2v) is 4.14. The zero-order chi connectivity index (χ0) is 12.1.